The van der Waals surface area contributed by atoms with E-state index in [0.717, 1.165) is 19.5 Å². The summed E-state index contributed by atoms with van der Waals surface area (Å²) in [6.45, 7) is 3.46. The summed E-state index contributed by atoms with van der Waals surface area (Å²) in [5.41, 5.74) is 0. The van der Waals surface area contributed by atoms with E-state index >= 15 is 0 Å². The van der Waals surface area contributed by atoms with Gasteiger partial charge >= 0.3 is 0 Å². The van der Waals surface area contributed by atoms with Gasteiger partial charge in [-0.25, -0.2) is 0 Å². The van der Waals surface area contributed by atoms with Gasteiger partial charge in [-0.2, -0.15) is 5.26 Å². The Morgan fingerprint density at radius 1 is 1.62 bits per heavy atom. The second kappa shape index (κ2) is 5.95. The van der Waals surface area contributed by atoms with E-state index in [4.69, 9.17) is 5.26 Å². The Kier molecular flexibility index (Phi) is 4.81. The quantitative estimate of drug-likeness (QED) is 0.657. The number of unbranched alkanes of at least 4 members (excludes halogenated alkanes) is 1. The number of piperidine rings is 1. The Bertz CT molecular complexity index is 173. The highest BCUT2D eigenvalue weighted by molar-refractivity contribution is 4.78. The topological polar surface area (TPSA) is 39.1 Å². The molecule has 3 nitrogen and oxygen atoms in total. The summed E-state index contributed by atoms with van der Waals surface area (Å²) in [5, 5.41) is 11.7. The van der Waals surface area contributed by atoms with Gasteiger partial charge in [0.05, 0.1) is 6.07 Å². The van der Waals surface area contributed by atoms with Gasteiger partial charge in [-0.3, -0.25) is 0 Å². The van der Waals surface area contributed by atoms with Gasteiger partial charge in [0.1, 0.15) is 0 Å². The van der Waals surface area contributed by atoms with Crippen molar-refractivity contribution in [1.82, 2.24) is 10.2 Å². The van der Waals surface area contributed by atoms with Crippen molar-refractivity contribution in [3.8, 4) is 6.07 Å². The monoisotopic (exact) mass is 181 g/mol. The number of hydrogen-bond acceptors (Lipinski definition) is 3. The van der Waals surface area contributed by atoms with Crippen LogP contribution in [0, 0.1) is 11.3 Å². The number of nitrogens with zero attached hydrogens (tertiary/aromatic N) is 2. The first-order chi connectivity index (χ1) is 6.36. The normalized spacial score (nSPS) is 24.2. The molecule has 0 aromatic rings. The fraction of sp³-hybridized carbons (Fsp3) is 0.900. The average Bonchev–Trinajstić information content (AvgIpc) is 2.19. The number of likely N-dealkylation sites (tertiary alicyclic amines) is 1. The molecule has 0 radical (unpaired) electrons. The molecule has 1 atom stereocenters. The number of nitriles is 1. The maximum absolute atomic E-state index is 8.41. The largest absolute Gasteiger partial charge is 0.316 e. The molecule has 1 fully saturated rings. The highest BCUT2D eigenvalue weighted by Gasteiger charge is 2.17. The summed E-state index contributed by atoms with van der Waals surface area (Å²) in [4.78, 5) is 2.46. The molecule has 1 saturated heterocycles. The third kappa shape index (κ3) is 3.75. The molecule has 0 amide bonds. The fourth-order valence-corrected chi connectivity index (χ4v) is 1.88. The summed E-state index contributed by atoms with van der Waals surface area (Å²) < 4.78 is 0. The predicted molar refractivity (Wildman–Crippen MR) is 53.4 cm³/mol. The van der Waals surface area contributed by atoms with Crippen LogP contribution >= 0.6 is 0 Å². The van der Waals surface area contributed by atoms with E-state index in [2.05, 4.69) is 16.3 Å². The molecule has 74 valence electrons. The molecule has 0 aromatic carbocycles. The van der Waals surface area contributed by atoms with Gasteiger partial charge in [-0.05, 0) is 39.4 Å². The van der Waals surface area contributed by atoms with Gasteiger partial charge in [0, 0.05) is 19.0 Å². The van der Waals surface area contributed by atoms with Crippen molar-refractivity contribution >= 4 is 0 Å². The Labute approximate surface area is 80.7 Å². The first-order valence-corrected chi connectivity index (χ1v) is 5.13. The van der Waals surface area contributed by atoms with E-state index in [0.29, 0.717) is 12.5 Å². The number of hydrogen-bond donors (Lipinski definition) is 1. The average molecular weight is 181 g/mol. The van der Waals surface area contributed by atoms with E-state index in [-0.39, 0.29) is 0 Å². The zero-order valence-electron chi connectivity index (χ0n) is 8.42. The summed E-state index contributed by atoms with van der Waals surface area (Å²) in [5.74, 6) is 0. The van der Waals surface area contributed by atoms with Crippen LogP contribution in [0.15, 0.2) is 0 Å². The van der Waals surface area contributed by atoms with Crippen molar-refractivity contribution in [3.63, 3.8) is 0 Å². The summed E-state index contributed by atoms with van der Waals surface area (Å²) >= 11 is 0. The number of nitrogens with one attached hydrogen (secondary N) is 1. The predicted octanol–water partition coefficient (Wildman–Crippen LogP) is 0.974. The van der Waals surface area contributed by atoms with Crippen LogP contribution in [0.4, 0.5) is 0 Å². The van der Waals surface area contributed by atoms with Crippen LogP contribution in [-0.4, -0.2) is 37.6 Å². The number of likely N-dealkylation sites (N-methyl/N-ethyl adjacent to an activating group) is 1. The van der Waals surface area contributed by atoms with Crippen molar-refractivity contribution in [1.29, 1.82) is 5.26 Å². The summed E-state index contributed by atoms with van der Waals surface area (Å²) in [6, 6.07) is 2.85. The smallest absolute Gasteiger partial charge is 0.0622 e. The molecule has 0 saturated carbocycles. The molecule has 3 heteroatoms. The Balaban J connectivity index is 2.15. The molecule has 1 unspecified atom stereocenters. The summed E-state index contributed by atoms with van der Waals surface area (Å²) in [7, 11) is 2.03. The van der Waals surface area contributed by atoms with Crippen molar-refractivity contribution < 1.29 is 0 Å². The minimum absolute atomic E-state index is 0.663. The maximum atomic E-state index is 8.41. The standard InChI is InChI=1S/C10H19N3/c1-12-10-5-4-8-13(9-10)7-3-2-6-11/h10,12H,2-5,7-9H2,1H3. The van der Waals surface area contributed by atoms with Gasteiger partial charge in [0.15, 0.2) is 0 Å². The third-order valence-electron chi connectivity index (χ3n) is 2.68. The van der Waals surface area contributed by atoms with Gasteiger partial charge in [0.2, 0.25) is 0 Å². The lowest BCUT2D eigenvalue weighted by Gasteiger charge is -2.32. The first kappa shape index (κ1) is 10.5. The van der Waals surface area contributed by atoms with E-state index < -0.39 is 0 Å². The second-order valence-electron chi connectivity index (χ2n) is 3.69. The molecule has 1 heterocycles. The van der Waals surface area contributed by atoms with Crippen molar-refractivity contribution in [2.75, 3.05) is 26.7 Å². The molecule has 13 heavy (non-hydrogen) atoms. The lowest BCUT2D eigenvalue weighted by Crippen LogP contribution is -2.44. The SMILES string of the molecule is CNC1CCCN(CCCC#N)C1. The van der Waals surface area contributed by atoms with Gasteiger partial charge in [-0.1, -0.05) is 0 Å². The molecule has 0 aromatic heterocycles. The molecule has 1 aliphatic heterocycles. The highest BCUT2D eigenvalue weighted by Crippen LogP contribution is 2.10. The maximum Gasteiger partial charge on any atom is 0.0622 e. The molecule has 0 aliphatic carbocycles. The van der Waals surface area contributed by atoms with Crippen molar-refractivity contribution in [2.24, 2.45) is 0 Å². The van der Waals surface area contributed by atoms with Crippen LogP contribution in [-0.2, 0) is 0 Å². The van der Waals surface area contributed by atoms with Crippen LogP contribution in [0.1, 0.15) is 25.7 Å². The van der Waals surface area contributed by atoms with Gasteiger partial charge < -0.3 is 10.2 Å². The molecule has 0 bridgehead atoms. The highest BCUT2D eigenvalue weighted by atomic mass is 15.2. The lowest BCUT2D eigenvalue weighted by atomic mass is 10.1. The number of rotatable bonds is 4. The zero-order valence-corrected chi connectivity index (χ0v) is 8.42. The molecule has 1 aliphatic rings. The molecule has 0 spiro atoms. The molecular formula is C10H19N3. The van der Waals surface area contributed by atoms with Crippen LogP contribution in [0.25, 0.3) is 0 Å². The Morgan fingerprint density at radius 3 is 3.15 bits per heavy atom. The molecule has 1 N–H and O–H groups in total. The third-order valence-corrected chi connectivity index (χ3v) is 2.68. The van der Waals surface area contributed by atoms with E-state index in [1.807, 2.05) is 7.05 Å². The summed E-state index contributed by atoms with van der Waals surface area (Å²) in [6.07, 6.45) is 4.30. The Morgan fingerprint density at radius 2 is 2.46 bits per heavy atom. The fourth-order valence-electron chi connectivity index (χ4n) is 1.88. The lowest BCUT2D eigenvalue weighted by molar-refractivity contribution is 0.194. The zero-order chi connectivity index (χ0) is 9.52. The van der Waals surface area contributed by atoms with Crippen molar-refractivity contribution in [3.05, 3.63) is 0 Å². The van der Waals surface area contributed by atoms with E-state index in [1.165, 1.54) is 19.4 Å². The molecular weight excluding hydrogens is 162 g/mol. The second-order valence-corrected chi connectivity index (χ2v) is 3.69. The first-order valence-electron chi connectivity index (χ1n) is 5.13. The van der Waals surface area contributed by atoms with Crippen LogP contribution in [0.5, 0.6) is 0 Å². The van der Waals surface area contributed by atoms with Crippen LogP contribution in [0.2, 0.25) is 0 Å². The minimum Gasteiger partial charge on any atom is -0.316 e. The van der Waals surface area contributed by atoms with Gasteiger partial charge in [0.25, 0.3) is 0 Å². The Hall–Kier alpha value is -0.590. The van der Waals surface area contributed by atoms with Crippen molar-refractivity contribution in [2.45, 2.75) is 31.7 Å². The molecule has 1 rings (SSSR count). The van der Waals surface area contributed by atoms with Crippen LogP contribution in [0.3, 0.4) is 0 Å². The van der Waals surface area contributed by atoms with E-state index in [9.17, 15) is 0 Å². The van der Waals surface area contributed by atoms with Crippen LogP contribution < -0.4 is 5.32 Å². The van der Waals surface area contributed by atoms with Gasteiger partial charge in [-0.15, -0.1) is 0 Å². The minimum atomic E-state index is 0.663. The van der Waals surface area contributed by atoms with E-state index in [1.54, 1.807) is 0 Å².